The quantitative estimate of drug-likeness (QED) is 0.273. The molecule has 2 aromatic rings. The van der Waals surface area contributed by atoms with Crippen LogP contribution in [-0.2, 0) is 22.6 Å². The molecule has 1 aromatic heterocycles. The van der Waals surface area contributed by atoms with E-state index >= 15 is 0 Å². The van der Waals surface area contributed by atoms with Crippen LogP contribution in [0.2, 0.25) is 0 Å². The molecule has 0 saturated carbocycles. The maximum atomic E-state index is 14.3. The molecule has 43 heavy (non-hydrogen) atoms. The van der Waals surface area contributed by atoms with Crippen LogP contribution in [0.25, 0.3) is 11.3 Å². The molecule has 0 bridgehead atoms. The first-order valence-corrected chi connectivity index (χ1v) is 14.2. The molecule has 0 fully saturated rings. The standard InChI is InChI=1S/C32H38N4O7/c1-31(2,3)14-34-13-16-11-17(20-8-6-7-9-35-20)18-10-15-12-19-24(36(4)5)27(39)23(30(33)42)29(41)32(19,43)28(40)21(15)26(38)22(18)25(16)37/h6-9,11,15,19,24,34,37,39-40,43H,10,12-14H2,1-5H3,(H2,33,42)/t15-,19-,24+,32-/m0/s1. The van der Waals surface area contributed by atoms with E-state index in [4.69, 9.17) is 5.73 Å². The zero-order valence-corrected chi connectivity index (χ0v) is 24.9. The first-order chi connectivity index (χ1) is 20.1. The van der Waals surface area contributed by atoms with Crippen LogP contribution in [0.3, 0.4) is 0 Å². The maximum absolute atomic E-state index is 14.3. The summed E-state index contributed by atoms with van der Waals surface area (Å²) in [5, 5.41) is 49.2. The van der Waals surface area contributed by atoms with Crippen molar-refractivity contribution >= 4 is 17.5 Å². The lowest BCUT2D eigenvalue weighted by molar-refractivity contribution is -0.148. The van der Waals surface area contributed by atoms with Crippen molar-refractivity contribution in [1.82, 2.24) is 15.2 Å². The summed E-state index contributed by atoms with van der Waals surface area (Å²) in [5.41, 5.74) is 3.87. The van der Waals surface area contributed by atoms with E-state index < -0.39 is 58.0 Å². The predicted octanol–water partition coefficient (Wildman–Crippen LogP) is 2.32. The Kier molecular flexibility index (Phi) is 7.48. The van der Waals surface area contributed by atoms with Crippen molar-refractivity contribution in [3.05, 3.63) is 69.8 Å². The van der Waals surface area contributed by atoms with Gasteiger partial charge in [-0.2, -0.15) is 0 Å². The number of carbonyl (C=O) groups is 3. The van der Waals surface area contributed by atoms with Crippen molar-refractivity contribution in [3.63, 3.8) is 0 Å². The highest BCUT2D eigenvalue weighted by Gasteiger charge is 2.63. The Hall–Kier alpha value is -4.06. The molecule has 7 N–H and O–H groups in total. The normalized spacial score (nSPS) is 25.5. The summed E-state index contributed by atoms with van der Waals surface area (Å²) >= 11 is 0. The van der Waals surface area contributed by atoms with E-state index in [0.717, 1.165) is 0 Å². The summed E-state index contributed by atoms with van der Waals surface area (Å²) in [6.45, 7) is 7.09. The van der Waals surface area contributed by atoms with Gasteiger partial charge in [0.1, 0.15) is 22.8 Å². The number of amides is 1. The number of primary amides is 1. The molecule has 228 valence electrons. The third-order valence-corrected chi connectivity index (χ3v) is 8.71. The third kappa shape index (κ3) is 4.81. The Morgan fingerprint density at radius 2 is 1.88 bits per heavy atom. The van der Waals surface area contributed by atoms with E-state index in [1.54, 1.807) is 26.4 Å². The SMILES string of the molecule is CN(C)[C@H]1C(O)=C(C(N)=O)C(=O)[C@@]2(O)C(O)=C3C(=O)c4c(O)c(CNCC(C)(C)C)cc(-c5ccccn5)c4C[C@H]3C[C@@H]12. The average Bonchev–Trinajstić information content (AvgIpc) is 2.91. The van der Waals surface area contributed by atoms with Crippen LogP contribution in [0, 0.1) is 17.3 Å². The number of likely N-dealkylation sites (N-methyl/N-ethyl adjacent to an activating group) is 1. The molecule has 0 unspecified atom stereocenters. The van der Waals surface area contributed by atoms with Crippen LogP contribution in [0.4, 0.5) is 0 Å². The fraction of sp³-hybridized carbons (Fsp3) is 0.438. The van der Waals surface area contributed by atoms with Gasteiger partial charge in [0, 0.05) is 41.9 Å². The zero-order valence-electron chi connectivity index (χ0n) is 24.9. The number of fused-ring (bicyclic) bond motifs is 3. The molecule has 11 heteroatoms. The number of nitrogens with one attached hydrogen (secondary N) is 1. The number of benzene rings is 1. The number of aromatic nitrogens is 1. The zero-order chi connectivity index (χ0) is 31.6. The molecule has 1 amide bonds. The summed E-state index contributed by atoms with van der Waals surface area (Å²) in [6.07, 6.45) is 1.84. The molecule has 1 heterocycles. The van der Waals surface area contributed by atoms with E-state index in [1.807, 2.05) is 18.2 Å². The topological polar surface area (TPSA) is 186 Å². The molecule has 3 aliphatic rings. The van der Waals surface area contributed by atoms with Gasteiger partial charge in [0.05, 0.1) is 17.3 Å². The minimum absolute atomic E-state index is 0.0169. The number of nitrogens with two attached hydrogens (primary N) is 1. The minimum Gasteiger partial charge on any atom is -0.510 e. The number of carbonyl (C=O) groups excluding carboxylic acids is 3. The number of rotatable bonds is 6. The van der Waals surface area contributed by atoms with Crippen molar-refractivity contribution in [2.24, 2.45) is 23.0 Å². The number of hydrogen-bond donors (Lipinski definition) is 6. The van der Waals surface area contributed by atoms with Gasteiger partial charge in [0.2, 0.25) is 5.78 Å². The lowest BCUT2D eigenvalue weighted by Gasteiger charge is -2.50. The number of Topliss-reactive ketones (excluding diaryl/α,β-unsaturated/α-hetero) is 2. The summed E-state index contributed by atoms with van der Waals surface area (Å²) in [4.78, 5) is 46.1. The lowest BCUT2D eigenvalue weighted by atomic mass is 9.58. The number of allylic oxidation sites excluding steroid dienone is 1. The molecule has 5 rings (SSSR count). The summed E-state index contributed by atoms with van der Waals surface area (Å²) in [5.74, 6) is -6.75. The smallest absolute Gasteiger partial charge is 0.255 e. The number of phenolic OH excluding ortho intramolecular Hbond substituents is 1. The van der Waals surface area contributed by atoms with Gasteiger partial charge >= 0.3 is 0 Å². The number of pyridine rings is 1. The van der Waals surface area contributed by atoms with Gasteiger partial charge in [-0.1, -0.05) is 26.8 Å². The minimum atomic E-state index is -2.68. The summed E-state index contributed by atoms with van der Waals surface area (Å²) in [7, 11) is 3.19. The molecule has 0 radical (unpaired) electrons. The van der Waals surface area contributed by atoms with Crippen molar-refractivity contribution < 1.29 is 34.8 Å². The van der Waals surface area contributed by atoms with Crippen molar-refractivity contribution in [2.75, 3.05) is 20.6 Å². The van der Waals surface area contributed by atoms with Gasteiger partial charge in [0.25, 0.3) is 5.91 Å². The second-order valence-corrected chi connectivity index (χ2v) is 13.1. The average molecular weight is 591 g/mol. The first-order valence-electron chi connectivity index (χ1n) is 14.2. The van der Waals surface area contributed by atoms with Gasteiger partial charge in [-0.15, -0.1) is 0 Å². The maximum Gasteiger partial charge on any atom is 0.255 e. The fourth-order valence-electron chi connectivity index (χ4n) is 6.83. The van der Waals surface area contributed by atoms with Crippen molar-refractivity contribution in [1.29, 1.82) is 0 Å². The number of phenols is 1. The van der Waals surface area contributed by atoms with E-state index in [9.17, 15) is 34.8 Å². The second kappa shape index (κ2) is 10.6. The predicted molar refractivity (Wildman–Crippen MR) is 158 cm³/mol. The molecule has 0 saturated heterocycles. The first kappa shape index (κ1) is 30.4. The van der Waals surface area contributed by atoms with Crippen LogP contribution in [0.1, 0.15) is 48.7 Å². The van der Waals surface area contributed by atoms with Crippen LogP contribution in [0.5, 0.6) is 5.75 Å². The monoisotopic (exact) mass is 590 g/mol. The molecule has 0 spiro atoms. The molecule has 11 nitrogen and oxygen atoms in total. The Morgan fingerprint density at radius 3 is 2.47 bits per heavy atom. The Morgan fingerprint density at radius 1 is 1.19 bits per heavy atom. The molecule has 3 aliphatic carbocycles. The fourth-order valence-corrected chi connectivity index (χ4v) is 6.83. The molecule has 4 atom stereocenters. The molecule has 0 aliphatic heterocycles. The highest BCUT2D eigenvalue weighted by molar-refractivity contribution is 6.25. The highest BCUT2D eigenvalue weighted by atomic mass is 16.3. The lowest BCUT2D eigenvalue weighted by Crippen LogP contribution is -2.63. The van der Waals surface area contributed by atoms with Crippen LogP contribution < -0.4 is 11.1 Å². The van der Waals surface area contributed by atoms with Crippen LogP contribution >= 0.6 is 0 Å². The van der Waals surface area contributed by atoms with E-state index in [2.05, 4.69) is 31.1 Å². The molecular formula is C32H38N4O7. The van der Waals surface area contributed by atoms with Crippen LogP contribution in [-0.4, -0.2) is 80.1 Å². The largest absolute Gasteiger partial charge is 0.510 e. The Bertz CT molecular complexity index is 1590. The van der Waals surface area contributed by atoms with Crippen molar-refractivity contribution in [3.8, 4) is 17.0 Å². The number of nitrogens with zero attached hydrogens (tertiary/aromatic N) is 2. The van der Waals surface area contributed by atoms with Crippen molar-refractivity contribution in [2.45, 2.75) is 51.8 Å². The number of aromatic hydroxyl groups is 1. The van der Waals surface area contributed by atoms with Gasteiger partial charge in [0.15, 0.2) is 11.4 Å². The second-order valence-electron chi connectivity index (χ2n) is 13.1. The molecule has 1 aromatic carbocycles. The van der Waals surface area contributed by atoms with Crippen LogP contribution in [0.15, 0.2) is 53.1 Å². The number of hydrogen-bond acceptors (Lipinski definition) is 10. The Labute approximate surface area is 249 Å². The summed E-state index contributed by atoms with van der Waals surface area (Å²) in [6, 6.07) is 6.17. The van der Waals surface area contributed by atoms with Gasteiger partial charge in [-0.05, 0) is 62.0 Å². The highest BCUT2D eigenvalue weighted by Crippen LogP contribution is 2.53. The number of aliphatic hydroxyl groups is 3. The Balaban J connectivity index is 1.70. The number of aliphatic hydroxyl groups excluding tert-OH is 2. The van der Waals surface area contributed by atoms with E-state index in [0.29, 0.717) is 28.9 Å². The molecular weight excluding hydrogens is 552 g/mol. The van der Waals surface area contributed by atoms with E-state index in [1.165, 1.54) is 4.90 Å². The van der Waals surface area contributed by atoms with Gasteiger partial charge in [-0.3, -0.25) is 24.3 Å². The van der Waals surface area contributed by atoms with E-state index in [-0.39, 0.29) is 41.7 Å². The third-order valence-electron chi connectivity index (χ3n) is 8.71. The van der Waals surface area contributed by atoms with Gasteiger partial charge in [-0.25, -0.2) is 0 Å². The summed E-state index contributed by atoms with van der Waals surface area (Å²) < 4.78 is 0. The van der Waals surface area contributed by atoms with Gasteiger partial charge < -0.3 is 31.5 Å². The number of ketones is 2.